The number of hydrogen-bond donors (Lipinski definition) is 1. The molecule has 5 nitrogen and oxygen atoms in total. The molecule has 1 rings (SSSR count). The average molecular weight is 211 g/mol. The van der Waals surface area contributed by atoms with Crippen molar-refractivity contribution in [3.8, 4) is 0 Å². The molecule has 1 heterocycles. The first kappa shape index (κ1) is 11.7. The number of aryl methyl sites for hydroxylation is 1. The summed E-state index contributed by atoms with van der Waals surface area (Å²) >= 11 is 0. The zero-order chi connectivity index (χ0) is 11.3. The predicted octanol–water partition coefficient (Wildman–Crippen LogP) is 0.551. The molecular weight excluding hydrogens is 194 g/mol. The van der Waals surface area contributed by atoms with Crippen LogP contribution >= 0.6 is 0 Å². The van der Waals surface area contributed by atoms with Gasteiger partial charge in [-0.15, -0.1) is 0 Å². The zero-order valence-corrected chi connectivity index (χ0v) is 9.41. The van der Waals surface area contributed by atoms with Crippen LogP contribution in [0.2, 0.25) is 0 Å². The summed E-state index contributed by atoms with van der Waals surface area (Å²) in [5, 5.41) is 0. The molecule has 0 unspecified atom stereocenters. The van der Waals surface area contributed by atoms with Gasteiger partial charge in [-0.05, 0) is 13.8 Å². The number of aromatic nitrogens is 2. The summed E-state index contributed by atoms with van der Waals surface area (Å²) in [6.07, 6.45) is 0. The Morgan fingerprint density at radius 1 is 1.60 bits per heavy atom. The maximum atomic E-state index is 11.2. The van der Waals surface area contributed by atoms with Gasteiger partial charge in [0.15, 0.2) is 0 Å². The number of ether oxygens (including phenoxy) is 1. The molecule has 1 aromatic heterocycles. The number of H-pyrrole nitrogens is 1. The van der Waals surface area contributed by atoms with E-state index in [1.165, 1.54) is 6.07 Å². The Kier molecular flexibility index (Phi) is 4.30. The molecular formula is C10H17N3O2. The van der Waals surface area contributed by atoms with E-state index in [9.17, 15) is 4.79 Å². The number of aromatic amines is 1. The third kappa shape index (κ3) is 3.71. The van der Waals surface area contributed by atoms with Gasteiger partial charge in [-0.2, -0.15) is 0 Å². The monoisotopic (exact) mass is 211 g/mol. The summed E-state index contributed by atoms with van der Waals surface area (Å²) in [6, 6.07) is 1.49. The second-order valence-corrected chi connectivity index (χ2v) is 3.31. The molecule has 0 saturated carbocycles. The van der Waals surface area contributed by atoms with E-state index in [4.69, 9.17) is 4.74 Å². The fourth-order valence-electron chi connectivity index (χ4n) is 1.22. The standard InChI is InChI=1S/C10H17N3O2/c1-4-15-6-5-13(3)9-7-10(14)12-8(2)11-9/h7H,4-6H2,1-3H3,(H,11,12,14). The van der Waals surface area contributed by atoms with E-state index in [0.29, 0.717) is 24.9 Å². The number of likely N-dealkylation sites (N-methyl/N-ethyl adjacent to an activating group) is 1. The van der Waals surface area contributed by atoms with Crippen LogP contribution in [0.25, 0.3) is 0 Å². The molecule has 1 N–H and O–H groups in total. The van der Waals surface area contributed by atoms with Crippen LogP contribution in [0.15, 0.2) is 10.9 Å². The van der Waals surface area contributed by atoms with Gasteiger partial charge in [0.1, 0.15) is 11.6 Å². The maximum absolute atomic E-state index is 11.2. The highest BCUT2D eigenvalue weighted by molar-refractivity contribution is 5.35. The third-order valence-electron chi connectivity index (χ3n) is 2.01. The van der Waals surface area contributed by atoms with Gasteiger partial charge in [-0.1, -0.05) is 0 Å². The average Bonchev–Trinajstić information content (AvgIpc) is 2.16. The van der Waals surface area contributed by atoms with Crippen molar-refractivity contribution in [2.75, 3.05) is 31.7 Å². The van der Waals surface area contributed by atoms with Crippen molar-refractivity contribution in [3.05, 3.63) is 22.2 Å². The van der Waals surface area contributed by atoms with E-state index < -0.39 is 0 Å². The quantitative estimate of drug-likeness (QED) is 0.723. The van der Waals surface area contributed by atoms with Gasteiger partial charge in [0, 0.05) is 26.3 Å². The van der Waals surface area contributed by atoms with Crippen LogP contribution < -0.4 is 10.5 Å². The second-order valence-electron chi connectivity index (χ2n) is 3.31. The Labute approximate surface area is 89.1 Å². The summed E-state index contributed by atoms with van der Waals surface area (Å²) in [5.41, 5.74) is -0.124. The van der Waals surface area contributed by atoms with Crippen LogP contribution in [0.1, 0.15) is 12.7 Å². The molecule has 0 aliphatic rings. The number of nitrogens with one attached hydrogen (secondary N) is 1. The highest BCUT2D eigenvalue weighted by Crippen LogP contribution is 2.04. The topological polar surface area (TPSA) is 58.2 Å². The Morgan fingerprint density at radius 3 is 2.93 bits per heavy atom. The van der Waals surface area contributed by atoms with Crippen molar-refractivity contribution >= 4 is 5.82 Å². The Morgan fingerprint density at radius 2 is 2.33 bits per heavy atom. The lowest BCUT2D eigenvalue weighted by molar-refractivity contribution is 0.154. The molecule has 0 saturated heterocycles. The Bertz CT molecular complexity index is 362. The lowest BCUT2D eigenvalue weighted by Crippen LogP contribution is -2.25. The van der Waals surface area contributed by atoms with Crippen molar-refractivity contribution in [1.29, 1.82) is 0 Å². The second kappa shape index (κ2) is 5.50. The largest absolute Gasteiger partial charge is 0.380 e. The molecule has 0 aliphatic heterocycles. The fraction of sp³-hybridized carbons (Fsp3) is 0.600. The van der Waals surface area contributed by atoms with Gasteiger partial charge in [0.05, 0.1) is 6.61 Å². The van der Waals surface area contributed by atoms with Gasteiger partial charge in [-0.3, -0.25) is 4.79 Å². The zero-order valence-electron chi connectivity index (χ0n) is 9.41. The summed E-state index contributed by atoms with van der Waals surface area (Å²) in [5.74, 6) is 1.30. The molecule has 15 heavy (non-hydrogen) atoms. The first-order chi connectivity index (χ1) is 7.13. The van der Waals surface area contributed by atoms with E-state index in [-0.39, 0.29) is 5.56 Å². The third-order valence-corrected chi connectivity index (χ3v) is 2.01. The summed E-state index contributed by atoms with van der Waals surface area (Å²) in [6.45, 7) is 5.79. The molecule has 0 aromatic carbocycles. The molecule has 0 atom stereocenters. The van der Waals surface area contributed by atoms with E-state index >= 15 is 0 Å². The van der Waals surface area contributed by atoms with Crippen LogP contribution in [-0.2, 0) is 4.74 Å². The van der Waals surface area contributed by atoms with E-state index in [1.807, 2.05) is 18.9 Å². The molecule has 0 radical (unpaired) electrons. The van der Waals surface area contributed by atoms with Crippen LogP contribution in [0.5, 0.6) is 0 Å². The lowest BCUT2D eigenvalue weighted by Gasteiger charge is -2.17. The smallest absolute Gasteiger partial charge is 0.252 e. The van der Waals surface area contributed by atoms with Crippen LogP contribution in [0, 0.1) is 6.92 Å². The first-order valence-corrected chi connectivity index (χ1v) is 5.00. The lowest BCUT2D eigenvalue weighted by atomic mass is 10.4. The van der Waals surface area contributed by atoms with Crippen LogP contribution in [0.3, 0.4) is 0 Å². The van der Waals surface area contributed by atoms with Gasteiger partial charge < -0.3 is 14.6 Å². The summed E-state index contributed by atoms with van der Waals surface area (Å²) < 4.78 is 5.23. The minimum atomic E-state index is -0.124. The van der Waals surface area contributed by atoms with E-state index in [1.54, 1.807) is 6.92 Å². The minimum Gasteiger partial charge on any atom is -0.380 e. The Balaban J connectivity index is 2.64. The van der Waals surface area contributed by atoms with Crippen molar-refractivity contribution in [2.24, 2.45) is 0 Å². The van der Waals surface area contributed by atoms with E-state index in [2.05, 4.69) is 9.97 Å². The molecule has 0 bridgehead atoms. The molecule has 0 amide bonds. The van der Waals surface area contributed by atoms with Crippen LogP contribution in [-0.4, -0.2) is 36.8 Å². The summed E-state index contributed by atoms with van der Waals surface area (Å²) in [4.78, 5) is 19.9. The summed E-state index contributed by atoms with van der Waals surface area (Å²) in [7, 11) is 1.89. The molecule has 0 aliphatic carbocycles. The van der Waals surface area contributed by atoms with Crippen molar-refractivity contribution in [2.45, 2.75) is 13.8 Å². The van der Waals surface area contributed by atoms with Crippen molar-refractivity contribution in [1.82, 2.24) is 9.97 Å². The van der Waals surface area contributed by atoms with Crippen molar-refractivity contribution < 1.29 is 4.74 Å². The number of anilines is 1. The minimum absolute atomic E-state index is 0.124. The van der Waals surface area contributed by atoms with Gasteiger partial charge in [-0.25, -0.2) is 4.98 Å². The number of hydrogen-bond acceptors (Lipinski definition) is 4. The first-order valence-electron chi connectivity index (χ1n) is 5.00. The fourth-order valence-corrected chi connectivity index (χ4v) is 1.22. The molecule has 0 spiro atoms. The van der Waals surface area contributed by atoms with Gasteiger partial charge in [0.25, 0.3) is 5.56 Å². The normalized spacial score (nSPS) is 10.3. The molecule has 5 heteroatoms. The molecule has 1 aromatic rings. The number of rotatable bonds is 5. The molecule has 84 valence electrons. The molecule has 0 fully saturated rings. The van der Waals surface area contributed by atoms with Crippen molar-refractivity contribution in [3.63, 3.8) is 0 Å². The van der Waals surface area contributed by atoms with E-state index in [0.717, 1.165) is 6.54 Å². The van der Waals surface area contributed by atoms with Gasteiger partial charge in [0.2, 0.25) is 0 Å². The van der Waals surface area contributed by atoms with Gasteiger partial charge >= 0.3 is 0 Å². The Hall–Kier alpha value is -1.36. The number of nitrogens with zero attached hydrogens (tertiary/aromatic N) is 2. The highest BCUT2D eigenvalue weighted by Gasteiger charge is 2.03. The predicted molar refractivity (Wildman–Crippen MR) is 59.4 cm³/mol. The SMILES string of the molecule is CCOCCN(C)c1cc(=O)[nH]c(C)n1. The van der Waals surface area contributed by atoms with Crippen LogP contribution in [0.4, 0.5) is 5.82 Å². The highest BCUT2D eigenvalue weighted by atomic mass is 16.5. The maximum Gasteiger partial charge on any atom is 0.252 e.